The van der Waals surface area contributed by atoms with Gasteiger partial charge in [0.2, 0.25) is 0 Å². The Kier molecular flexibility index (Phi) is 9.76. The zero-order valence-electron chi connectivity index (χ0n) is 22.4. The summed E-state index contributed by atoms with van der Waals surface area (Å²) in [5.41, 5.74) is 2.59. The molecule has 0 aromatic heterocycles. The normalized spacial score (nSPS) is 18.1. The Morgan fingerprint density at radius 3 is 2.27 bits per heavy atom. The number of carbonyl (C=O) groups is 3. The molecule has 0 unspecified atom stereocenters. The minimum atomic E-state index is -1.62. The third-order valence-electron chi connectivity index (χ3n) is 7.33. The lowest BCUT2D eigenvalue weighted by molar-refractivity contribution is -0.165. The second-order valence-electron chi connectivity index (χ2n) is 9.63. The topological polar surface area (TPSA) is 88.1 Å². The first-order valence-corrected chi connectivity index (χ1v) is 13.1. The van der Waals surface area contributed by atoms with Gasteiger partial charge in [0, 0.05) is 11.1 Å². The fourth-order valence-corrected chi connectivity index (χ4v) is 5.29. The Labute approximate surface area is 219 Å². The maximum absolute atomic E-state index is 13.5. The van der Waals surface area contributed by atoms with E-state index in [0.29, 0.717) is 36.1 Å². The summed E-state index contributed by atoms with van der Waals surface area (Å²) in [5, 5.41) is 0. The van der Waals surface area contributed by atoms with Crippen LogP contribution in [0.25, 0.3) is 0 Å². The lowest BCUT2D eigenvalue weighted by atomic mass is 9.67. The molecule has 7 heteroatoms. The molecular formula is C30H38O7. The van der Waals surface area contributed by atoms with Crippen molar-refractivity contribution in [3.63, 3.8) is 0 Å². The number of unbranched alkanes of at least 4 members (excludes halogenated alkanes) is 2. The average molecular weight is 511 g/mol. The van der Waals surface area contributed by atoms with E-state index in [1.54, 1.807) is 30.3 Å². The monoisotopic (exact) mass is 510 g/mol. The fraction of sp³-hybridized carbons (Fsp3) is 0.533. The number of hydrogen-bond acceptors (Lipinski definition) is 7. The van der Waals surface area contributed by atoms with E-state index in [1.165, 1.54) is 21.3 Å². The Hall–Kier alpha value is -3.31. The zero-order chi connectivity index (χ0) is 26.9. The molecule has 200 valence electrons. The molecule has 0 heterocycles. The Bertz CT molecular complexity index is 1070. The van der Waals surface area contributed by atoms with Gasteiger partial charge >= 0.3 is 17.9 Å². The summed E-state index contributed by atoms with van der Waals surface area (Å²) in [7, 11) is 4.03. The number of methoxy groups -OCH3 is 3. The summed E-state index contributed by atoms with van der Waals surface area (Å²) in [6.45, 7) is 2.13. The first-order valence-electron chi connectivity index (χ1n) is 13.1. The fourth-order valence-electron chi connectivity index (χ4n) is 5.29. The van der Waals surface area contributed by atoms with Crippen LogP contribution in [0.4, 0.5) is 0 Å². The molecule has 3 rings (SSSR count). The molecule has 37 heavy (non-hydrogen) atoms. The van der Waals surface area contributed by atoms with E-state index < -0.39 is 28.9 Å². The molecular weight excluding hydrogens is 472 g/mol. The average Bonchev–Trinajstić information content (AvgIpc) is 2.94. The van der Waals surface area contributed by atoms with Gasteiger partial charge in [0.1, 0.15) is 16.9 Å². The van der Waals surface area contributed by atoms with Crippen molar-refractivity contribution in [3.05, 3.63) is 58.9 Å². The van der Waals surface area contributed by atoms with Gasteiger partial charge in [0.15, 0.2) is 5.41 Å². The van der Waals surface area contributed by atoms with E-state index in [-0.39, 0.29) is 6.42 Å². The summed E-state index contributed by atoms with van der Waals surface area (Å²) < 4.78 is 21.9. The summed E-state index contributed by atoms with van der Waals surface area (Å²) in [6.07, 6.45) is 11.0. The van der Waals surface area contributed by atoms with Gasteiger partial charge in [-0.25, -0.2) is 4.79 Å². The molecule has 1 aromatic carbocycles. The number of ether oxygens (including phenoxy) is 4. The predicted molar refractivity (Wildman–Crippen MR) is 139 cm³/mol. The lowest BCUT2D eigenvalue weighted by Crippen LogP contribution is -2.46. The zero-order valence-corrected chi connectivity index (χ0v) is 22.4. The summed E-state index contributed by atoms with van der Waals surface area (Å²) in [6, 6.07) is 6.93. The van der Waals surface area contributed by atoms with Crippen LogP contribution >= 0.6 is 0 Å². The van der Waals surface area contributed by atoms with E-state index in [9.17, 15) is 14.4 Å². The highest BCUT2D eigenvalue weighted by Gasteiger charge is 2.53. The minimum Gasteiger partial charge on any atom is -0.496 e. The van der Waals surface area contributed by atoms with Crippen LogP contribution in [0, 0.1) is 5.41 Å². The predicted octanol–water partition coefficient (Wildman–Crippen LogP) is 5.88. The highest BCUT2D eigenvalue weighted by Crippen LogP contribution is 2.49. The highest BCUT2D eigenvalue weighted by molar-refractivity contribution is 6.03. The smallest absolute Gasteiger partial charge is 0.342 e. The molecule has 0 N–H and O–H groups in total. The number of para-hydroxylation sites is 1. The largest absolute Gasteiger partial charge is 0.496 e. The number of hydrogen-bond donors (Lipinski definition) is 0. The van der Waals surface area contributed by atoms with Crippen molar-refractivity contribution in [3.8, 4) is 5.75 Å². The van der Waals surface area contributed by atoms with Gasteiger partial charge < -0.3 is 18.9 Å². The summed E-state index contributed by atoms with van der Waals surface area (Å²) in [4.78, 5) is 39.6. The van der Waals surface area contributed by atoms with Gasteiger partial charge in [-0.3, -0.25) is 9.59 Å². The molecule has 0 atom stereocenters. The first kappa shape index (κ1) is 28.3. The molecule has 0 aliphatic heterocycles. The van der Waals surface area contributed by atoms with Gasteiger partial charge in [-0.15, -0.1) is 5.73 Å². The molecule has 1 saturated carbocycles. The number of rotatable bonds is 9. The van der Waals surface area contributed by atoms with Crippen molar-refractivity contribution in [2.45, 2.75) is 76.7 Å². The molecule has 0 bridgehead atoms. The first-order chi connectivity index (χ1) is 17.9. The number of benzene rings is 1. The van der Waals surface area contributed by atoms with Gasteiger partial charge in [0.25, 0.3) is 0 Å². The van der Waals surface area contributed by atoms with Crippen LogP contribution in [-0.4, -0.2) is 44.8 Å². The van der Waals surface area contributed by atoms with Crippen molar-refractivity contribution in [1.29, 1.82) is 0 Å². The van der Waals surface area contributed by atoms with Crippen molar-refractivity contribution in [2.75, 3.05) is 21.3 Å². The summed E-state index contributed by atoms with van der Waals surface area (Å²) in [5.74, 6) is -1.47. The van der Waals surface area contributed by atoms with Crippen LogP contribution in [0.2, 0.25) is 0 Å². The van der Waals surface area contributed by atoms with Crippen molar-refractivity contribution in [2.24, 2.45) is 5.41 Å². The lowest BCUT2D eigenvalue weighted by Gasteiger charge is -2.43. The third-order valence-corrected chi connectivity index (χ3v) is 7.33. The standard InChI is InChI=1S/C30H38O7/c1-5-6-7-9-14-22-17-20-29(27(32)35-3,28(33)36-4)21-24(22)30(18-12-8-13-19-30)37-26(31)23-15-10-11-16-25(23)34-2/h9-11,15-16,21H,5-8,12-13,17-20H2,1-4H3. The van der Waals surface area contributed by atoms with Gasteiger partial charge in [-0.1, -0.05) is 31.9 Å². The molecule has 2 aliphatic carbocycles. The van der Waals surface area contributed by atoms with Gasteiger partial charge in [0.05, 0.1) is 21.3 Å². The quantitative estimate of drug-likeness (QED) is 0.135. The van der Waals surface area contributed by atoms with E-state index in [0.717, 1.165) is 44.1 Å². The van der Waals surface area contributed by atoms with Crippen LogP contribution < -0.4 is 4.74 Å². The third kappa shape index (κ3) is 5.99. The second kappa shape index (κ2) is 12.8. The van der Waals surface area contributed by atoms with Crippen LogP contribution in [0.1, 0.15) is 81.5 Å². The Morgan fingerprint density at radius 2 is 1.65 bits per heavy atom. The SMILES string of the molecule is CCCCC=C=C1CCC(C(=O)OC)(C(=O)OC)C=C1C1(OC(=O)c2ccccc2OC)CCCCC1. The highest BCUT2D eigenvalue weighted by atomic mass is 16.6. The van der Waals surface area contributed by atoms with Crippen LogP contribution in [0.15, 0.2) is 53.3 Å². The molecule has 2 aliphatic rings. The minimum absolute atomic E-state index is 0.191. The maximum Gasteiger partial charge on any atom is 0.342 e. The van der Waals surface area contributed by atoms with Crippen LogP contribution in [0.3, 0.4) is 0 Å². The van der Waals surface area contributed by atoms with E-state index in [1.807, 2.05) is 6.08 Å². The van der Waals surface area contributed by atoms with Gasteiger partial charge in [-0.2, -0.15) is 0 Å². The van der Waals surface area contributed by atoms with Crippen LogP contribution in [-0.2, 0) is 23.8 Å². The van der Waals surface area contributed by atoms with Crippen molar-refractivity contribution in [1.82, 2.24) is 0 Å². The number of carbonyl (C=O) groups excluding carboxylic acids is 3. The Balaban J connectivity index is 2.19. The molecule has 0 amide bonds. The van der Waals surface area contributed by atoms with E-state index in [4.69, 9.17) is 18.9 Å². The van der Waals surface area contributed by atoms with Gasteiger partial charge in [-0.05, 0) is 75.7 Å². The second-order valence-corrected chi connectivity index (χ2v) is 9.63. The molecule has 1 fully saturated rings. The Morgan fingerprint density at radius 1 is 0.973 bits per heavy atom. The van der Waals surface area contributed by atoms with Crippen LogP contribution in [0.5, 0.6) is 5.75 Å². The molecule has 0 spiro atoms. The summed E-state index contributed by atoms with van der Waals surface area (Å²) >= 11 is 0. The molecule has 7 nitrogen and oxygen atoms in total. The maximum atomic E-state index is 13.5. The molecule has 0 saturated heterocycles. The van der Waals surface area contributed by atoms with E-state index in [2.05, 4.69) is 12.7 Å². The van der Waals surface area contributed by atoms with E-state index >= 15 is 0 Å². The number of esters is 3. The molecule has 1 aromatic rings. The molecule has 0 radical (unpaired) electrons. The van der Waals surface area contributed by atoms with Crippen molar-refractivity contribution >= 4 is 17.9 Å². The van der Waals surface area contributed by atoms with Crippen molar-refractivity contribution < 1.29 is 33.3 Å².